The SMILES string of the molecule is CC(C)(C)c1cccc2c1-c1ccc(N(c3ccccc3-c3ccccc3)c3ccccc3-c3ccccc3)cc1C21c2ccccc2C(C)(C)c2ccccc21. The summed E-state index contributed by atoms with van der Waals surface area (Å²) in [4.78, 5) is 2.51. The Morgan fingerprint density at radius 2 is 0.842 bits per heavy atom. The predicted molar refractivity (Wildman–Crippen MR) is 240 cm³/mol. The van der Waals surface area contributed by atoms with Crippen molar-refractivity contribution in [1.29, 1.82) is 0 Å². The van der Waals surface area contributed by atoms with Gasteiger partial charge in [0.2, 0.25) is 0 Å². The molecular formula is C56H47N. The fourth-order valence-corrected chi connectivity index (χ4v) is 10.2. The first-order valence-corrected chi connectivity index (χ1v) is 20.3. The van der Waals surface area contributed by atoms with Crippen LogP contribution in [0.3, 0.4) is 0 Å². The van der Waals surface area contributed by atoms with Gasteiger partial charge >= 0.3 is 0 Å². The van der Waals surface area contributed by atoms with Crippen molar-refractivity contribution in [2.75, 3.05) is 4.90 Å². The molecule has 1 spiro atoms. The van der Waals surface area contributed by atoms with Crippen LogP contribution in [0.15, 0.2) is 194 Å². The van der Waals surface area contributed by atoms with Crippen molar-refractivity contribution in [3.8, 4) is 33.4 Å². The third kappa shape index (κ3) is 5.22. The number of anilines is 3. The number of hydrogen-bond donors (Lipinski definition) is 0. The van der Waals surface area contributed by atoms with E-state index in [1.807, 2.05) is 0 Å². The lowest BCUT2D eigenvalue weighted by atomic mass is 9.55. The lowest BCUT2D eigenvalue weighted by molar-refractivity contribution is 0.561. The van der Waals surface area contributed by atoms with Gasteiger partial charge in [-0.15, -0.1) is 0 Å². The number of rotatable bonds is 5. The molecule has 0 aliphatic heterocycles. The molecule has 0 saturated heterocycles. The van der Waals surface area contributed by atoms with Crippen molar-refractivity contribution in [2.24, 2.45) is 0 Å². The molecule has 276 valence electrons. The Hall–Kier alpha value is -6.44. The molecule has 1 heteroatoms. The van der Waals surface area contributed by atoms with Gasteiger partial charge in [0.1, 0.15) is 0 Å². The van der Waals surface area contributed by atoms with E-state index >= 15 is 0 Å². The zero-order chi connectivity index (χ0) is 38.9. The second-order valence-corrected chi connectivity index (χ2v) is 17.3. The minimum Gasteiger partial charge on any atom is -0.309 e. The third-order valence-electron chi connectivity index (χ3n) is 12.7. The van der Waals surface area contributed by atoms with Crippen LogP contribution in [0.1, 0.15) is 73.6 Å². The van der Waals surface area contributed by atoms with Crippen molar-refractivity contribution < 1.29 is 0 Å². The van der Waals surface area contributed by atoms with E-state index in [4.69, 9.17) is 0 Å². The summed E-state index contributed by atoms with van der Waals surface area (Å²) < 4.78 is 0. The number of fused-ring (bicyclic) bond motifs is 9. The van der Waals surface area contributed by atoms with Gasteiger partial charge in [-0.1, -0.05) is 204 Å². The Balaban J connectivity index is 1.34. The Morgan fingerprint density at radius 3 is 1.37 bits per heavy atom. The van der Waals surface area contributed by atoms with E-state index < -0.39 is 5.41 Å². The summed E-state index contributed by atoms with van der Waals surface area (Å²) in [6, 6.07) is 72.3. The highest BCUT2D eigenvalue weighted by atomic mass is 15.1. The number of nitrogens with zero attached hydrogens (tertiary/aromatic N) is 1. The van der Waals surface area contributed by atoms with Crippen LogP contribution in [0.4, 0.5) is 17.1 Å². The van der Waals surface area contributed by atoms with Crippen LogP contribution < -0.4 is 4.90 Å². The van der Waals surface area contributed by atoms with Crippen LogP contribution in [0, 0.1) is 0 Å². The Labute approximate surface area is 337 Å². The van der Waals surface area contributed by atoms with E-state index in [1.54, 1.807) is 0 Å². The second-order valence-electron chi connectivity index (χ2n) is 17.3. The van der Waals surface area contributed by atoms with Gasteiger partial charge in [-0.3, -0.25) is 0 Å². The minimum atomic E-state index is -0.520. The van der Waals surface area contributed by atoms with E-state index in [0.29, 0.717) is 0 Å². The molecule has 0 saturated carbocycles. The van der Waals surface area contributed by atoms with Crippen molar-refractivity contribution in [3.05, 3.63) is 233 Å². The predicted octanol–water partition coefficient (Wildman–Crippen LogP) is 14.8. The number of hydrogen-bond acceptors (Lipinski definition) is 1. The molecule has 0 amide bonds. The van der Waals surface area contributed by atoms with Gasteiger partial charge in [0, 0.05) is 22.2 Å². The van der Waals surface area contributed by atoms with Crippen LogP contribution in [0.2, 0.25) is 0 Å². The molecule has 8 aromatic rings. The summed E-state index contributed by atoms with van der Waals surface area (Å²) in [6.07, 6.45) is 0. The second kappa shape index (κ2) is 13.1. The summed E-state index contributed by atoms with van der Waals surface area (Å²) in [6.45, 7) is 11.9. The maximum Gasteiger partial charge on any atom is 0.0720 e. The van der Waals surface area contributed by atoms with Crippen molar-refractivity contribution in [2.45, 2.75) is 50.9 Å². The Morgan fingerprint density at radius 1 is 0.386 bits per heavy atom. The molecule has 0 radical (unpaired) electrons. The first-order valence-electron chi connectivity index (χ1n) is 20.3. The largest absolute Gasteiger partial charge is 0.309 e. The molecule has 0 unspecified atom stereocenters. The van der Waals surface area contributed by atoms with Gasteiger partial charge in [-0.2, -0.15) is 0 Å². The van der Waals surface area contributed by atoms with Crippen LogP contribution in [-0.2, 0) is 16.2 Å². The standard InChI is InChI=1S/C56H47N/c1-54(2,3)48-31-20-32-49-53(48)43-36-35-40(37-50(43)56(49)46-29-16-14-27-44(46)55(4,5)45-28-15-17-30-47(45)56)57(51-33-18-12-25-41(51)38-21-8-6-9-22-38)52-34-19-13-26-42(52)39-23-10-7-11-24-39/h6-37H,1-5H3. The van der Waals surface area contributed by atoms with Crippen LogP contribution in [0.5, 0.6) is 0 Å². The van der Waals surface area contributed by atoms with Gasteiger partial charge in [0.15, 0.2) is 0 Å². The summed E-state index contributed by atoms with van der Waals surface area (Å²) in [5, 5.41) is 0. The highest BCUT2D eigenvalue weighted by molar-refractivity contribution is 5.97. The van der Waals surface area contributed by atoms with Crippen molar-refractivity contribution >= 4 is 17.1 Å². The minimum absolute atomic E-state index is 0.0604. The molecule has 57 heavy (non-hydrogen) atoms. The van der Waals surface area contributed by atoms with E-state index in [9.17, 15) is 0 Å². The maximum atomic E-state index is 2.54. The lowest BCUT2D eigenvalue weighted by Crippen LogP contribution is -2.40. The number of benzene rings is 8. The van der Waals surface area contributed by atoms with Gasteiger partial charge in [-0.05, 0) is 90.9 Å². The molecule has 0 heterocycles. The summed E-state index contributed by atoms with van der Waals surface area (Å²) in [7, 11) is 0. The van der Waals surface area contributed by atoms with Crippen molar-refractivity contribution in [1.82, 2.24) is 0 Å². The van der Waals surface area contributed by atoms with Crippen molar-refractivity contribution in [3.63, 3.8) is 0 Å². The molecule has 8 aromatic carbocycles. The first-order chi connectivity index (χ1) is 27.7. The molecular weight excluding hydrogens is 687 g/mol. The molecule has 0 aromatic heterocycles. The molecule has 10 rings (SSSR count). The average molecular weight is 734 g/mol. The summed E-state index contributed by atoms with van der Waals surface area (Å²) in [5.41, 5.74) is 19.7. The Bertz CT molecular complexity index is 2670. The molecule has 2 aliphatic rings. The van der Waals surface area contributed by atoms with Gasteiger partial charge in [-0.25, -0.2) is 0 Å². The maximum absolute atomic E-state index is 2.54. The fourth-order valence-electron chi connectivity index (χ4n) is 10.2. The van der Waals surface area contributed by atoms with Gasteiger partial charge in [0.25, 0.3) is 0 Å². The fraction of sp³-hybridized carbons (Fsp3) is 0.143. The molecule has 1 nitrogen and oxygen atoms in total. The molecule has 0 bridgehead atoms. The topological polar surface area (TPSA) is 3.24 Å². The molecule has 0 fully saturated rings. The monoisotopic (exact) mass is 733 g/mol. The molecule has 0 N–H and O–H groups in total. The average Bonchev–Trinajstić information content (AvgIpc) is 3.54. The Kier molecular flexibility index (Phi) is 8.03. The van der Waals surface area contributed by atoms with E-state index in [1.165, 1.54) is 72.3 Å². The first kappa shape index (κ1) is 35.0. The zero-order valence-electron chi connectivity index (χ0n) is 33.4. The molecule has 2 aliphatic carbocycles. The zero-order valence-corrected chi connectivity index (χ0v) is 33.4. The quantitative estimate of drug-likeness (QED) is 0.170. The van der Waals surface area contributed by atoms with E-state index in [0.717, 1.165) is 17.1 Å². The van der Waals surface area contributed by atoms with Crippen LogP contribution >= 0.6 is 0 Å². The normalized spacial score (nSPS) is 14.3. The highest BCUT2D eigenvalue weighted by Gasteiger charge is 2.54. The summed E-state index contributed by atoms with van der Waals surface area (Å²) in [5.74, 6) is 0. The third-order valence-corrected chi connectivity index (χ3v) is 12.7. The lowest BCUT2D eigenvalue weighted by Gasteiger charge is -2.47. The highest BCUT2D eigenvalue weighted by Crippen LogP contribution is 2.64. The van der Waals surface area contributed by atoms with Crippen LogP contribution in [0.25, 0.3) is 33.4 Å². The smallest absolute Gasteiger partial charge is 0.0720 e. The number of para-hydroxylation sites is 2. The molecule has 0 atom stereocenters. The van der Waals surface area contributed by atoms with Gasteiger partial charge < -0.3 is 4.90 Å². The van der Waals surface area contributed by atoms with E-state index in [2.05, 4.69) is 234 Å². The summed E-state index contributed by atoms with van der Waals surface area (Å²) >= 11 is 0. The van der Waals surface area contributed by atoms with Crippen LogP contribution in [-0.4, -0.2) is 0 Å². The van der Waals surface area contributed by atoms with Gasteiger partial charge in [0.05, 0.1) is 16.8 Å². The van der Waals surface area contributed by atoms with E-state index in [-0.39, 0.29) is 10.8 Å².